The van der Waals surface area contributed by atoms with E-state index in [2.05, 4.69) is 5.32 Å². The van der Waals surface area contributed by atoms with Crippen molar-refractivity contribution in [3.05, 3.63) is 33.4 Å². The average molecular weight is 327 g/mol. The summed E-state index contributed by atoms with van der Waals surface area (Å²) in [5.41, 5.74) is 1.06. The fourth-order valence-corrected chi connectivity index (χ4v) is 4.58. The summed E-state index contributed by atoms with van der Waals surface area (Å²) in [6.07, 6.45) is 0. The van der Waals surface area contributed by atoms with Crippen molar-refractivity contribution < 1.29 is 13.3 Å². The fraction of sp³-hybridized carbons (Fsp3) is 0.571. The molecular formula is C14H21N3O4S. The number of nitro benzene ring substituents is 1. The molecule has 1 N–H and O–H groups in total. The van der Waals surface area contributed by atoms with Gasteiger partial charge >= 0.3 is 0 Å². The van der Waals surface area contributed by atoms with Crippen LogP contribution in [0.1, 0.15) is 25.0 Å². The van der Waals surface area contributed by atoms with Crippen LogP contribution >= 0.6 is 0 Å². The third-order valence-corrected chi connectivity index (χ3v) is 5.77. The Kier molecular flexibility index (Phi) is 4.55. The monoisotopic (exact) mass is 327 g/mol. The van der Waals surface area contributed by atoms with E-state index in [9.17, 15) is 18.5 Å². The van der Waals surface area contributed by atoms with Gasteiger partial charge in [0.15, 0.2) is 4.90 Å². The number of nitrogens with zero attached hydrogens (tertiary/aromatic N) is 2. The normalized spacial score (nSPS) is 23.5. The molecule has 2 unspecified atom stereocenters. The Bertz CT molecular complexity index is 692. The maximum Gasteiger partial charge on any atom is 0.289 e. The number of hydrogen-bond donors (Lipinski definition) is 1. The Labute approximate surface area is 130 Å². The molecule has 2 rings (SSSR count). The fourth-order valence-electron chi connectivity index (χ4n) is 2.74. The van der Waals surface area contributed by atoms with Gasteiger partial charge in [0.2, 0.25) is 10.0 Å². The minimum Gasteiger partial charge on any atom is -0.309 e. The van der Waals surface area contributed by atoms with Crippen LogP contribution in [0, 0.1) is 24.0 Å². The van der Waals surface area contributed by atoms with E-state index in [1.165, 1.54) is 16.4 Å². The molecule has 0 spiro atoms. The number of aryl methyl sites for hydroxylation is 2. The zero-order valence-electron chi connectivity index (χ0n) is 13.2. The van der Waals surface area contributed by atoms with E-state index in [-0.39, 0.29) is 22.7 Å². The standard InChI is InChI=1S/C14H21N3O4S/c1-9-5-13(17(18)19)14(6-10(9)2)22(20,21)16-7-11(3)15-12(4)8-16/h5-6,11-12,15H,7-8H2,1-4H3. The van der Waals surface area contributed by atoms with E-state index in [1.54, 1.807) is 13.8 Å². The highest BCUT2D eigenvalue weighted by atomic mass is 32.2. The first kappa shape index (κ1) is 16.9. The lowest BCUT2D eigenvalue weighted by Gasteiger charge is -2.35. The summed E-state index contributed by atoms with van der Waals surface area (Å²) in [6.45, 7) is 7.88. The highest BCUT2D eigenvalue weighted by Crippen LogP contribution is 2.30. The van der Waals surface area contributed by atoms with Gasteiger partial charge in [0.25, 0.3) is 5.69 Å². The highest BCUT2D eigenvalue weighted by Gasteiger charge is 2.36. The molecule has 1 aliphatic rings. The molecule has 1 heterocycles. The van der Waals surface area contributed by atoms with Crippen molar-refractivity contribution in [1.82, 2.24) is 9.62 Å². The Morgan fingerprint density at radius 1 is 1.18 bits per heavy atom. The maximum atomic E-state index is 12.9. The topological polar surface area (TPSA) is 92.5 Å². The second-order valence-corrected chi connectivity index (χ2v) is 7.86. The lowest BCUT2D eigenvalue weighted by molar-refractivity contribution is -0.387. The maximum absolute atomic E-state index is 12.9. The summed E-state index contributed by atoms with van der Waals surface area (Å²) in [5.74, 6) is 0. The van der Waals surface area contributed by atoms with Crippen molar-refractivity contribution in [2.45, 2.75) is 44.7 Å². The first-order chi connectivity index (χ1) is 10.1. The van der Waals surface area contributed by atoms with Crippen molar-refractivity contribution in [3.63, 3.8) is 0 Å². The van der Waals surface area contributed by atoms with Crippen LogP contribution in [-0.2, 0) is 10.0 Å². The largest absolute Gasteiger partial charge is 0.309 e. The van der Waals surface area contributed by atoms with Crippen LogP contribution in [0.3, 0.4) is 0 Å². The van der Waals surface area contributed by atoms with E-state index < -0.39 is 14.9 Å². The number of hydrogen-bond acceptors (Lipinski definition) is 5. The van der Waals surface area contributed by atoms with Gasteiger partial charge in [-0.25, -0.2) is 8.42 Å². The summed E-state index contributed by atoms with van der Waals surface area (Å²) in [4.78, 5) is 10.4. The van der Waals surface area contributed by atoms with Crippen LogP contribution in [0.2, 0.25) is 0 Å². The van der Waals surface area contributed by atoms with Crippen molar-refractivity contribution in [1.29, 1.82) is 0 Å². The highest BCUT2D eigenvalue weighted by molar-refractivity contribution is 7.89. The molecule has 1 aromatic carbocycles. The van der Waals surface area contributed by atoms with E-state index in [4.69, 9.17) is 0 Å². The predicted octanol–water partition coefficient (Wildman–Crippen LogP) is 1.58. The van der Waals surface area contributed by atoms with E-state index in [1.807, 2.05) is 13.8 Å². The second kappa shape index (κ2) is 5.94. The molecule has 0 amide bonds. The third-order valence-electron chi connectivity index (χ3n) is 3.91. The molecule has 0 aromatic heterocycles. The summed E-state index contributed by atoms with van der Waals surface area (Å²) in [7, 11) is -3.89. The molecule has 22 heavy (non-hydrogen) atoms. The van der Waals surface area contributed by atoms with Gasteiger partial charge in [0, 0.05) is 31.2 Å². The van der Waals surface area contributed by atoms with Crippen LogP contribution in [0.5, 0.6) is 0 Å². The van der Waals surface area contributed by atoms with E-state index in [0.717, 1.165) is 5.56 Å². The number of sulfonamides is 1. The van der Waals surface area contributed by atoms with E-state index in [0.29, 0.717) is 18.7 Å². The molecule has 122 valence electrons. The molecule has 0 radical (unpaired) electrons. The summed E-state index contributed by atoms with van der Waals surface area (Å²) in [5, 5.41) is 14.5. The number of piperazine rings is 1. The van der Waals surface area contributed by atoms with Gasteiger partial charge in [-0.15, -0.1) is 0 Å². The molecule has 0 saturated carbocycles. The lowest BCUT2D eigenvalue weighted by Crippen LogP contribution is -2.55. The smallest absolute Gasteiger partial charge is 0.289 e. The molecule has 2 atom stereocenters. The Hall–Kier alpha value is -1.51. The molecule has 1 aliphatic heterocycles. The first-order valence-corrected chi connectivity index (χ1v) is 8.58. The van der Waals surface area contributed by atoms with Crippen LogP contribution in [0.4, 0.5) is 5.69 Å². The van der Waals surface area contributed by atoms with Gasteiger partial charge < -0.3 is 5.32 Å². The minimum absolute atomic E-state index is 0.00382. The first-order valence-electron chi connectivity index (χ1n) is 7.14. The van der Waals surface area contributed by atoms with Gasteiger partial charge in [-0.2, -0.15) is 4.31 Å². The Morgan fingerprint density at radius 2 is 1.68 bits per heavy atom. The van der Waals surface area contributed by atoms with Gasteiger partial charge in [-0.1, -0.05) is 0 Å². The van der Waals surface area contributed by atoms with Crippen molar-refractivity contribution >= 4 is 15.7 Å². The Morgan fingerprint density at radius 3 is 2.18 bits per heavy atom. The van der Waals surface area contributed by atoms with Crippen molar-refractivity contribution in [3.8, 4) is 0 Å². The summed E-state index contributed by atoms with van der Waals surface area (Å²) < 4.78 is 27.1. The number of nitro groups is 1. The van der Waals surface area contributed by atoms with Crippen LogP contribution < -0.4 is 5.32 Å². The SMILES string of the molecule is Cc1cc([N+](=O)[O-])c(S(=O)(=O)N2CC(C)NC(C)C2)cc1C. The molecule has 0 bridgehead atoms. The molecule has 1 aromatic rings. The average Bonchev–Trinajstić information content (AvgIpc) is 2.39. The quantitative estimate of drug-likeness (QED) is 0.672. The van der Waals surface area contributed by atoms with Crippen LogP contribution in [0.15, 0.2) is 17.0 Å². The van der Waals surface area contributed by atoms with Crippen LogP contribution in [0.25, 0.3) is 0 Å². The van der Waals surface area contributed by atoms with Gasteiger partial charge in [0.05, 0.1) is 4.92 Å². The number of rotatable bonds is 3. The third kappa shape index (κ3) is 3.13. The number of benzene rings is 1. The summed E-state index contributed by atoms with van der Waals surface area (Å²) >= 11 is 0. The Balaban J connectivity index is 2.54. The molecular weight excluding hydrogens is 306 g/mol. The summed E-state index contributed by atoms with van der Waals surface area (Å²) in [6, 6.07) is 2.74. The zero-order chi connectivity index (χ0) is 16.7. The second-order valence-electron chi connectivity index (χ2n) is 5.95. The van der Waals surface area contributed by atoms with Crippen molar-refractivity contribution in [2.24, 2.45) is 0 Å². The van der Waals surface area contributed by atoms with Gasteiger partial charge in [-0.05, 0) is 44.9 Å². The molecule has 1 saturated heterocycles. The molecule has 0 aliphatic carbocycles. The molecule has 8 heteroatoms. The predicted molar refractivity (Wildman–Crippen MR) is 83.4 cm³/mol. The number of nitrogens with one attached hydrogen (secondary N) is 1. The van der Waals surface area contributed by atoms with Crippen LogP contribution in [-0.4, -0.2) is 42.8 Å². The van der Waals surface area contributed by atoms with Gasteiger partial charge in [-0.3, -0.25) is 10.1 Å². The lowest BCUT2D eigenvalue weighted by atomic mass is 10.1. The van der Waals surface area contributed by atoms with Gasteiger partial charge in [0.1, 0.15) is 0 Å². The molecule has 1 fully saturated rings. The zero-order valence-corrected chi connectivity index (χ0v) is 14.0. The van der Waals surface area contributed by atoms with Crippen molar-refractivity contribution in [2.75, 3.05) is 13.1 Å². The van der Waals surface area contributed by atoms with E-state index >= 15 is 0 Å². The minimum atomic E-state index is -3.89. The molecule has 7 nitrogen and oxygen atoms in total.